The van der Waals surface area contributed by atoms with Gasteiger partial charge in [-0.1, -0.05) is 33.6 Å². The first-order valence-corrected chi connectivity index (χ1v) is 6.70. The molecule has 0 saturated heterocycles. The fraction of sp³-hybridized carbons (Fsp3) is 1.00. The lowest BCUT2D eigenvalue weighted by molar-refractivity contribution is 0.358. The highest BCUT2D eigenvalue weighted by Crippen LogP contribution is 2.21. The van der Waals surface area contributed by atoms with Gasteiger partial charge in [-0.05, 0) is 30.8 Å². The summed E-state index contributed by atoms with van der Waals surface area (Å²) in [5.74, 6) is 2.44. The molecule has 0 aliphatic rings. The fourth-order valence-corrected chi connectivity index (χ4v) is 2.27. The standard InChI is InChI=1S/C11H25NS/c1-4-7-8-11(12,5-2)9-10-13-6-3/h4-10,12H2,1-3H3. The molecule has 0 rings (SSSR count). The minimum atomic E-state index is 0.123. The van der Waals surface area contributed by atoms with Gasteiger partial charge in [0.1, 0.15) is 0 Å². The Morgan fingerprint density at radius 3 is 2.31 bits per heavy atom. The number of unbranched alkanes of at least 4 members (excludes halogenated alkanes) is 1. The van der Waals surface area contributed by atoms with Crippen LogP contribution in [0.1, 0.15) is 52.9 Å². The monoisotopic (exact) mass is 203 g/mol. The van der Waals surface area contributed by atoms with E-state index in [4.69, 9.17) is 5.73 Å². The van der Waals surface area contributed by atoms with Crippen molar-refractivity contribution in [2.45, 2.75) is 58.4 Å². The van der Waals surface area contributed by atoms with E-state index in [0.717, 1.165) is 6.42 Å². The van der Waals surface area contributed by atoms with Crippen molar-refractivity contribution in [1.29, 1.82) is 0 Å². The van der Waals surface area contributed by atoms with Crippen LogP contribution < -0.4 is 5.73 Å². The molecule has 13 heavy (non-hydrogen) atoms. The summed E-state index contributed by atoms with van der Waals surface area (Å²) < 4.78 is 0. The highest BCUT2D eigenvalue weighted by Gasteiger charge is 2.20. The summed E-state index contributed by atoms with van der Waals surface area (Å²) in [6.07, 6.45) is 6.05. The molecule has 2 heteroatoms. The molecule has 0 fully saturated rings. The van der Waals surface area contributed by atoms with Gasteiger partial charge < -0.3 is 5.73 Å². The Morgan fingerprint density at radius 1 is 1.15 bits per heavy atom. The molecule has 1 unspecified atom stereocenters. The molecule has 0 heterocycles. The second-order valence-electron chi connectivity index (χ2n) is 3.77. The van der Waals surface area contributed by atoms with Gasteiger partial charge in [-0.2, -0.15) is 11.8 Å². The zero-order chi connectivity index (χ0) is 10.2. The van der Waals surface area contributed by atoms with Crippen LogP contribution in [0, 0.1) is 0 Å². The Bertz CT molecular complexity index is 117. The summed E-state index contributed by atoms with van der Waals surface area (Å²) in [4.78, 5) is 0. The van der Waals surface area contributed by atoms with Gasteiger partial charge in [0.15, 0.2) is 0 Å². The van der Waals surface area contributed by atoms with E-state index in [0.29, 0.717) is 0 Å². The molecule has 1 atom stereocenters. The number of hydrogen-bond donors (Lipinski definition) is 1. The minimum absolute atomic E-state index is 0.123. The van der Waals surface area contributed by atoms with Crippen molar-refractivity contribution < 1.29 is 0 Å². The van der Waals surface area contributed by atoms with Gasteiger partial charge in [0.2, 0.25) is 0 Å². The SMILES string of the molecule is CCCCC(N)(CC)CCSCC. The molecule has 0 aromatic rings. The Kier molecular flexibility index (Phi) is 7.87. The van der Waals surface area contributed by atoms with Gasteiger partial charge in [-0.25, -0.2) is 0 Å². The predicted molar refractivity (Wildman–Crippen MR) is 64.4 cm³/mol. The maximum atomic E-state index is 6.31. The van der Waals surface area contributed by atoms with Crippen molar-refractivity contribution >= 4 is 11.8 Å². The summed E-state index contributed by atoms with van der Waals surface area (Å²) in [5, 5.41) is 0. The van der Waals surface area contributed by atoms with Gasteiger partial charge in [0.25, 0.3) is 0 Å². The van der Waals surface area contributed by atoms with E-state index < -0.39 is 0 Å². The average Bonchev–Trinajstić information content (AvgIpc) is 2.15. The van der Waals surface area contributed by atoms with Crippen molar-refractivity contribution in [3.05, 3.63) is 0 Å². The molecule has 1 nitrogen and oxygen atoms in total. The summed E-state index contributed by atoms with van der Waals surface area (Å²) in [5.41, 5.74) is 6.43. The third-order valence-corrected chi connectivity index (χ3v) is 3.58. The number of nitrogens with two attached hydrogens (primary N) is 1. The summed E-state index contributed by atoms with van der Waals surface area (Å²) >= 11 is 2.00. The van der Waals surface area contributed by atoms with Gasteiger partial charge in [-0.15, -0.1) is 0 Å². The second kappa shape index (κ2) is 7.69. The number of rotatable bonds is 8. The second-order valence-corrected chi connectivity index (χ2v) is 5.16. The Balaban J connectivity index is 3.67. The topological polar surface area (TPSA) is 26.0 Å². The van der Waals surface area contributed by atoms with E-state index >= 15 is 0 Å². The average molecular weight is 203 g/mol. The highest BCUT2D eigenvalue weighted by molar-refractivity contribution is 7.99. The maximum absolute atomic E-state index is 6.31. The Morgan fingerprint density at radius 2 is 1.85 bits per heavy atom. The first-order valence-electron chi connectivity index (χ1n) is 5.55. The molecule has 0 aromatic heterocycles. The Hall–Kier alpha value is 0.310. The Labute approximate surface area is 87.9 Å². The van der Waals surface area contributed by atoms with Crippen molar-refractivity contribution in [2.75, 3.05) is 11.5 Å². The van der Waals surface area contributed by atoms with Crippen LogP contribution in [0.25, 0.3) is 0 Å². The van der Waals surface area contributed by atoms with Crippen LogP contribution in [0.3, 0.4) is 0 Å². The van der Waals surface area contributed by atoms with Crippen LogP contribution in [0.4, 0.5) is 0 Å². The van der Waals surface area contributed by atoms with Crippen molar-refractivity contribution in [3.63, 3.8) is 0 Å². The van der Waals surface area contributed by atoms with Crippen LogP contribution >= 0.6 is 11.8 Å². The summed E-state index contributed by atoms with van der Waals surface area (Å²) in [7, 11) is 0. The minimum Gasteiger partial charge on any atom is -0.325 e. The van der Waals surface area contributed by atoms with E-state index in [1.807, 2.05) is 11.8 Å². The van der Waals surface area contributed by atoms with Gasteiger partial charge >= 0.3 is 0 Å². The first-order chi connectivity index (χ1) is 6.18. The maximum Gasteiger partial charge on any atom is 0.0159 e. The predicted octanol–water partition coefficient (Wildman–Crippen LogP) is 3.43. The summed E-state index contributed by atoms with van der Waals surface area (Å²) in [6.45, 7) is 6.66. The third kappa shape index (κ3) is 6.39. The van der Waals surface area contributed by atoms with Crippen molar-refractivity contribution in [3.8, 4) is 0 Å². The first kappa shape index (κ1) is 13.3. The van der Waals surface area contributed by atoms with E-state index in [9.17, 15) is 0 Å². The highest BCUT2D eigenvalue weighted by atomic mass is 32.2. The lowest BCUT2D eigenvalue weighted by Gasteiger charge is -2.28. The molecule has 0 aliphatic carbocycles. The number of hydrogen-bond acceptors (Lipinski definition) is 2. The van der Waals surface area contributed by atoms with Crippen LogP contribution in [0.2, 0.25) is 0 Å². The van der Waals surface area contributed by atoms with Crippen molar-refractivity contribution in [1.82, 2.24) is 0 Å². The molecule has 80 valence electrons. The molecule has 0 aliphatic heterocycles. The van der Waals surface area contributed by atoms with E-state index in [-0.39, 0.29) is 5.54 Å². The molecule has 0 saturated carbocycles. The molecule has 0 spiro atoms. The van der Waals surface area contributed by atoms with Crippen LogP contribution in [-0.2, 0) is 0 Å². The molecule has 2 N–H and O–H groups in total. The number of thioether (sulfide) groups is 1. The van der Waals surface area contributed by atoms with Crippen LogP contribution in [-0.4, -0.2) is 17.0 Å². The van der Waals surface area contributed by atoms with Crippen molar-refractivity contribution in [2.24, 2.45) is 5.73 Å². The van der Waals surface area contributed by atoms with Crippen LogP contribution in [0.15, 0.2) is 0 Å². The lowest BCUT2D eigenvalue weighted by Crippen LogP contribution is -2.39. The smallest absolute Gasteiger partial charge is 0.0159 e. The normalized spacial score (nSPS) is 15.7. The molecule has 0 amide bonds. The molecule has 0 bridgehead atoms. The molecule has 0 radical (unpaired) electrons. The third-order valence-electron chi connectivity index (χ3n) is 2.68. The molecule has 0 aromatic carbocycles. The van der Waals surface area contributed by atoms with Gasteiger partial charge in [-0.3, -0.25) is 0 Å². The van der Waals surface area contributed by atoms with Crippen LogP contribution in [0.5, 0.6) is 0 Å². The van der Waals surface area contributed by atoms with Gasteiger partial charge in [0, 0.05) is 5.54 Å². The summed E-state index contributed by atoms with van der Waals surface area (Å²) in [6, 6.07) is 0. The fourth-order valence-electron chi connectivity index (χ4n) is 1.43. The lowest BCUT2D eigenvalue weighted by atomic mass is 9.88. The largest absolute Gasteiger partial charge is 0.325 e. The van der Waals surface area contributed by atoms with E-state index in [2.05, 4.69) is 20.8 Å². The molecular weight excluding hydrogens is 178 g/mol. The zero-order valence-electron chi connectivity index (χ0n) is 9.44. The quantitative estimate of drug-likeness (QED) is 0.612. The van der Waals surface area contributed by atoms with E-state index in [1.54, 1.807) is 0 Å². The van der Waals surface area contributed by atoms with Gasteiger partial charge in [0.05, 0.1) is 0 Å². The van der Waals surface area contributed by atoms with E-state index in [1.165, 1.54) is 37.2 Å². The molecular formula is C11H25NS. The zero-order valence-corrected chi connectivity index (χ0v) is 10.3.